The van der Waals surface area contributed by atoms with Crippen LogP contribution in [0.2, 0.25) is 0 Å². The van der Waals surface area contributed by atoms with E-state index in [1.807, 2.05) is 29.2 Å². The molecule has 182 valence electrons. The first kappa shape index (κ1) is 22.1. The lowest BCUT2D eigenvalue weighted by molar-refractivity contribution is -0.134. The number of rotatable bonds is 4. The number of aromatic nitrogens is 2. The molecule has 7 nitrogen and oxygen atoms in total. The smallest absolute Gasteiger partial charge is 0.260 e. The number of ketones is 1. The molecule has 1 aliphatic carbocycles. The maximum atomic E-state index is 12.8. The van der Waals surface area contributed by atoms with Crippen LogP contribution in [0.3, 0.4) is 0 Å². The Morgan fingerprint density at radius 3 is 2.71 bits per heavy atom. The Morgan fingerprint density at radius 1 is 1.11 bits per heavy atom. The predicted molar refractivity (Wildman–Crippen MR) is 132 cm³/mol. The van der Waals surface area contributed by atoms with E-state index in [0.29, 0.717) is 42.5 Å². The molecular weight excluding hydrogens is 442 g/mol. The van der Waals surface area contributed by atoms with Crippen LogP contribution in [0.1, 0.15) is 73.5 Å². The molecular formula is C28H31N3O4. The van der Waals surface area contributed by atoms with E-state index < -0.39 is 0 Å². The Kier molecular flexibility index (Phi) is 5.71. The number of piperidine rings is 1. The molecule has 3 aliphatic rings. The lowest BCUT2D eigenvalue weighted by Crippen LogP contribution is -2.43. The number of nitrogens with one attached hydrogen (secondary N) is 1. The molecule has 1 N–H and O–H groups in total. The molecule has 0 bridgehead atoms. The Morgan fingerprint density at radius 2 is 1.91 bits per heavy atom. The zero-order valence-electron chi connectivity index (χ0n) is 19.9. The summed E-state index contributed by atoms with van der Waals surface area (Å²) < 4.78 is 12.2. The summed E-state index contributed by atoms with van der Waals surface area (Å²) in [5.74, 6) is 2.62. The third kappa shape index (κ3) is 4.40. The number of nitrogens with zero attached hydrogens (tertiary/aromatic N) is 2. The molecule has 1 amide bonds. The summed E-state index contributed by atoms with van der Waals surface area (Å²) >= 11 is 0. The van der Waals surface area contributed by atoms with E-state index in [9.17, 15) is 9.59 Å². The molecule has 2 fully saturated rings. The van der Waals surface area contributed by atoms with Gasteiger partial charge in [0.2, 0.25) is 0 Å². The van der Waals surface area contributed by atoms with Crippen molar-refractivity contribution in [1.82, 2.24) is 14.9 Å². The second-order valence-corrected chi connectivity index (χ2v) is 10.2. The number of benzene rings is 2. The highest BCUT2D eigenvalue weighted by atomic mass is 16.5. The van der Waals surface area contributed by atoms with Gasteiger partial charge in [-0.15, -0.1) is 0 Å². The van der Waals surface area contributed by atoms with Gasteiger partial charge in [-0.05, 0) is 62.8 Å². The van der Waals surface area contributed by atoms with Crippen LogP contribution >= 0.6 is 0 Å². The van der Waals surface area contributed by atoms with Crippen LogP contribution in [-0.4, -0.2) is 51.9 Å². The fraction of sp³-hybridized carbons (Fsp3) is 0.464. The second-order valence-electron chi connectivity index (χ2n) is 10.2. The Bertz CT molecular complexity index is 1220. The molecule has 35 heavy (non-hydrogen) atoms. The lowest BCUT2D eigenvalue weighted by Gasteiger charge is -2.40. The van der Waals surface area contributed by atoms with Crippen molar-refractivity contribution in [3.63, 3.8) is 0 Å². The van der Waals surface area contributed by atoms with Gasteiger partial charge in [0.25, 0.3) is 5.91 Å². The second kappa shape index (κ2) is 9.02. The van der Waals surface area contributed by atoms with Gasteiger partial charge >= 0.3 is 0 Å². The van der Waals surface area contributed by atoms with Gasteiger partial charge in [-0.25, -0.2) is 4.98 Å². The van der Waals surface area contributed by atoms with E-state index in [0.717, 1.165) is 55.4 Å². The summed E-state index contributed by atoms with van der Waals surface area (Å²) in [6.07, 6.45) is 7.46. The number of hydrogen-bond donors (Lipinski definition) is 1. The molecule has 0 unspecified atom stereocenters. The molecule has 7 heteroatoms. The van der Waals surface area contributed by atoms with Gasteiger partial charge in [0.15, 0.2) is 12.4 Å². The monoisotopic (exact) mass is 473 g/mol. The van der Waals surface area contributed by atoms with E-state index in [1.54, 1.807) is 18.2 Å². The minimum Gasteiger partial charge on any atom is -0.486 e. The van der Waals surface area contributed by atoms with Gasteiger partial charge in [0, 0.05) is 25.1 Å². The van der Waals surface area contributed by atoms with Crippen LogP contribution in [-0.2, 0) is 4.79 Å². The maximum Gasteiger partial charge on any atom is 0.260 e. The fourth-order valence-corrected chi connectivity index (χ4v) is 5.84. The van der Waals surface area contributed by atoms with Crippen LogP contribution in [0.15, 0.2) is 42.5 Å². The number of likely N-dealkylation sites (tertiary alicyclic amines) is 1. The van der Waals surface area contributed by atoms with Gasteiger partial charge < -0.3 is 19.4 Å². The van der Waals surface area contributed by atoms with E-state index in [1.165, 1.54) is 6.42 Å². The quantitative estimate of drug-likeness (QED) is 0.575. The molecule has 2 aromatic carbocycles. The van der Waals surface area contributed by atoms with E-state index in [2.05, 4.69) is 4.98 Å². The zero-order valence-corrected chi connectivity index (χ0v) is 19.9. The van der Waals surface area contributed by atoms with E-state index in [4.69, 9.17) is 14.5 Å². The Hall–Kier alpha value is -3.35. The summed E-state index contributed by atoms with van der Waals surface area (Å²) in [6, 6.07) is 13.4. The van der Waals surface area contributed by atoms with Crippen LogP contribution in [0.5, 0.6) is 11.5 Å². The number of ether oxygens (including phenoxy) is 2. The Labute approximate surface area is 204 Å². The fourth-order valence-electron chi connectivity index (χ4n) is 5.84. The molecule has 2 aliphatic heterocycles. The summed E-state index contributed by atoms with van der Waals surface area (Å²) in [7, 11) is 0. The summed E-state index contributed by atoms with van der Waals surface area (Å²) in [5, 5.41) is 0. The SMILES string of the molecule is O=C1CC2(CCCCC2)Oc2cc(OCC(=O)N3CCC(c4nc5ccccc5[nH]4)CC3)ccc21. The molecule has 1 saturated heterocycles. The van der Waals surface area contributed by atoms with Crippen molar-refractivity contribution in [2.24, 2.45) is 0 Å². The van der Waals surface area contributed by atoms with Crippen LogP contribution in [0, 0.1) is 0 Å². The molecule has 6 rings (SSSR count). The van der Waals surface area contributed by atoms with Gasteiger partial charge in [0.1, 0.15) is 22.9 Å². The van der Waals surface area contributed by atoms with Crippen molar-refractivity contribution in [3.8, 4) is 11.5 Å². The van der Waals surface area contributed by atoms with Gasteiger partial charge in [0.05, 0.1) is 23.0 Å². The highest BCUT2D eigenvalue weighted by Gasteiger charge is 2.41. The topological polar surface area (TPSA) is 84.5 Å². The van der Waals surface area contributed by atoms with Gasteiger partial charge in [-0.2, -0.15) is 0 Å². The number of fused-ring (bicyclic) bond motifs is 2. The summed E-state index contributed by atoms with van der Waals surface area (Å²) in [5.41, 5.74) is 2.30. The van der Waals surface area contributed by atoms with Gasteiger partial charge in [-0.1, -0.05) is 18.6 Å². The first-order valence-electron chi connectivity index (χ1n) is 12.8. The molecule has 0 radical (unpaired) electrons. The van der Waals surface area contributed by atoms with E-state index >= 15 is 0 Å². The average Bonchev–Trinajstić information content (AvgIpc) is 3.32. The minimum absolute atomic E-state index is 0.0207. The first-order valence-corrected chi connectivity index (χ1v) is 12.8. The predicted octanol–water partition coefficient (Wildman–Crippen LogP) is 5.02. The van der Waals surface area contributed by atoms with Crippen molar-refractivity contribution in [3.05, 3.63) is 53.9 Å². The number of para-hydroxylation sites is 2. The number of imidazole rings is 1. The number of H-pyrrole nitrogens is 1. The molecule has 1 aromatic heterocycles. The third-order valence-corrected chi connectivity index (χ3v) is 7.83. The highest BCUT2D eigenvalue weighted by Crippen LogP contribution is 2.42. The number of amides is 1. The molecule has 0 atom stereocenters. The molecule has 3 heterocycles. The molecule has 1 saturated carbocycles. The molecule has 1 spiro atoms. The number of carbonyl (C=O) groups excluding carboxylic acids is 2. The minimum atomic E-state index is -0.360. The largest absolute Gasteiger partial charge is 0.486 e. The third-order valence-electron chi connectivity index (χ3n) is 7.83. The molecule has 3 aromatic rings. The normalized spacial score (nSPS) is 20.0. The maximum absolute atomic E-state index is 12.8. The summed E-state index contributed by atoms with van der Waals surface area (Å²) in [4.78, 5) is 35.6. The first-order chi connectivity index (χ1) is 17.1. The zero-order chi connectivity index (χ0) is 23.8. The average molecular weight is 474 g/mol. The summed E-state index contributed by atoms with van der Waals surface area (Å²) in [6.45, 7) is 1.36. The number of carbonyl (C=O) groups is 2. The van der Waals surface area contributed by atoms with Crippen LogP contribution in [0.25, 0.3) is 11.0 Å². The number of Topliss-reactive ketones (excluding diaryl/α,β-unsaturated/α-hetero) is 1. The van der Waals surface area contributed by atoms with Crippen LogP contribution in [0.4, 0.5) is 0 Å². The van der Waals surface area contributed by atoms with Crippen molar-refractivity contribution in [1.29, 1.82) is 0 Å². The number of aromatic amines is 1. The van der Waals surface area contributed by atoms with E-state index in [-0.39, 0.29) is 23.9 Å². The Balaban J connectivity index is 1.05. The van der Waals surface area contributed by atoms with Gasteiger partial charge in [-0.3, -0.25) is 9.59 Å². The van der Waals surface area contributed by atoms with Crippen LogP contribution < -0.4 is 9.47 Å². The standard InChI is InChI=1S/C28H31N3O4/c32-24-17-28(12-4-1-5-13-28)35-25-16-20(8-9-21(24)25)34-18-26(33)31-14-10-19(11-15-31)27-29-22-6-2-3-7-23(22)30-27/h2-3,6-9,16,19H,1,4-5,10-15,17-18H2,(H,29,30). The van der Waals surface area contributed by atoms with Crippen molar-refractivity contribution >= 4 is 22.7 Å². The van der Waals surface area contributed by atoms with Crippen molar-refractivity contribution in [2.45, 2.75) is 62.9 Å². The lowest BCUT2D eigenvalue weighted by atomic mass is 9.78. The highest BCUT2D eigenvalue weighted by molar-refractivity contribution is 6.00. The number of hydrogen-bond acceptors (Lipinski definition) is 5. The van der Waals surface area contributed by atoms with Crippen molar-refractivity contribution < 1.29 is 19.1 Å². The van der Waals surface area contributed by atoms with Crippen molar-refractivity contribution in [2.75, 3.05) is 19.7 Å².